The van der Waals surface area contributed by atoms with Crippen molar-refractivity contribution in [3.05, 3.63) is 78.5 Å². The van der Waals surface area contributed by atoms with Gasteiger partial charge >= 0.3 is 0 Å². The number of benzene rings is 2. The molecule has 2 aromatic carbocycles. The smallest absolute Gasteiger partial charge is 0.276 e. The highest BCUT2D eigenvalue weighted by Gasteiger charge is 2.15. The third-order valence-corrected chi connectivity index (χ3v) is 4.82. The maximum absolute atomic E-state index is 12.5. The third-order valence-electron chi connectivity index (χ3n) is 3.80. The third kappa shape index (κ3) is 5.99. The quantitative estimate of drug-likeness (QED) is 0.539. The van der Waals surface area contributed by atoms with E-state index in [1.165, 1.54) is 11.8 Å². The van der Waals surface area contributed by atoms with Crippen molar-refractivity contribution >= 4 is 23.6 Å². The summed E-state index contributed by atoms with van der Waals surface area (Å²) in [7, 11) is 0. The zero-order valence-electron chi connectivity index (χ0n) is 16.3. The molecule has 154 valence electrons. The fourth-order valence-corrected chi connectivity index (χ4v) is 3.36. The van der Waals surface area contributed by atoms with Crippen LogP contribution in [0.4, 0.5) is 0 Å². The first kappa shape index (κ1) is 21.2. The molecule has 7 nitrogen and oxygen atoms in total. The molecule has 2 N–H and O–H groups in total. The normalized spacial score (nSPS) is 10.2. The molecular weight excluding hydrogens is 402 g/mol. The maximum atomic E-state index is 12.5. The van der Waals surface area contributed by atoms with Gasteiger partial charge in [0, 0.05) is 11.1 Å². The van der Waals surface area contributed by atoms with Crippen molar-refractivity contribution in [2.45, 2.75) is 16.8 Å². The van der Waals surface area contributed by atoms with Crippen LogP contribution in [0.1, 0.15) is 17.3 Å². The van der Waals surface area contributed by atoms with Gasteiger partial charge in [0.15, 0.2) is 18.1 Å². The van der Waals surface area contributed by atoms with E-state index in [4.69, 9.17) is 9.47 Å². The molecule has 0 aliphatic heterocycles. The van der Waals surface area contributed by atoms with Gasteiger partial charge in [0.2, 0.25) is 0 Å². The van der Waals surface area contributed by atoms with Crippen LogP contribution in [0.5, 0.6) is 11.5 Å². The van der Waals surface area contributed by atoms with E-state index in [2.05, 4.69) is 15.8 Å². The van der Waals surface area contributed by atoms with Crippen LogP contribution >= 0.6 is 11.8 Å². The highest BCUT2D eigenvalue weighted by Crippen LogP contribution is 2.28. The lowest BCUT2D eigenvalue weighted by atomic mass is 10.3. The van der Waals surface area contributed by atoms with E-state index in [9.17, 15) is 9.59 Å². The summed E-state index contributed by atoms with van der Waals surface area (Å²) in [4.78, 5) is 29.8. The van der Waals surface area contributed by atoms with Crippen molar-refractivity contribution in [3.8, 4) is 11.5 Å². The Labute approximate surface area is 178 Å². The summed E-state index contributed by atoms with van der Waals surface area (Å²) in [6.07, 6.45) is 1.62. The monoisotopic (exact) mass is 423 g/mol. The molecule has 0 saturated carbocycles. The summed E-state index contributed by atoms with van der Waals surface area (Å²) < 4.78 is 10.9. The summed E-state index contributed by atoms with van der Waals surface area (Å²) in [6, 6.07) is 20.0. The summed E-state index contributed by atoms with van der Waals surface area (Å²) in [6.45, 7) is 2.07. The van der Waals surface area contributed by atoms with Crippen molar-refractivity contribution in [2.24, 2.45) is 0 Å². The predicted molar refractivity (Wildman–Crippen MR) is 114 cm³/mol. The van der Waals surface area contributed by atoms with Gasteiger partial charge in [-0.25, -0.2) is 4.98 Å². The number of carbonyl (C=O) groups is 2. The molecule has 1 aromatic heterocycles. The standard InChI is InChI=1S/C22H21N3O4S/c1-2-28-18-12-6-7-13-19(18)29-15-20(26)24-25-21(27)17-11-8-14-23-22(17)30-16-9-4-3-5-10-16/h3-14H,2,15H2,1H3,(H,24,26)(H,25,27). The average Bonchev–Trinajstić information content (AvgIpc) is 2.78. The average molecular weight is 423 g/mol. The van der Waals surface area contributed by atoms with Crippen LogP contribution in [0.3, 0.4) is 0 Å². The van der Waals surface area contributed by atoms with Gasteiger partial charge in [-0.15, -0.1) is 0 Å². The van der Waals surface area contributed by atoms with E-state index >= 15 is 0 Å². The number of nitrogens with zero attached hydrogens (tertiary/aromatic N) is 1. The van der Waals surface area contributed by atoms with Crippen molar-refractivity contribution in [3.63, 3.8) is 0 Å². The van der Waals surface area contributed by atoms with Crippen LogP contribution in [0, 0.1) is 0 Å². The molecule has 1 heterocycles. The van der Waals surface area contributed by atoms with Gasteiger partial charge in [0.1, 0.15) is 5.03 Å². The first-order valence-corrected chi connectivity index (χ1v) is 10.1. The number of hydrogen-bond acceptors (Lipinski definition) is 6. The Morgan fingerprint density at radius 3 is 2.33 bits per heavy atom. The molecule has 30 heavy (non-hydrogen) atoms. The van der Waals surface area contributed by atoms with E-state index in [-0.39, 0.29) is 6.61 Å². The van der Waals surface area contributed by atoms with Gasteiger partial charge in [0.05, 0.1) is 12.2 Å². The SMILES string of the molecule is CCOc1ccccc1OCC(=O)NNC(=O)c1cccnc1Sc1ccccc1. The van der Waals surface area contributed by atoms with E-state index in [1.54, 1.807) is 36.5 Å². The van der Waals surface area contributed by atoms with Crippen LogP contribution in [0.15, 0.2) is 82.8 Å². The predicted octanol–water partition coefficient (Wildman–Crippen LogP) is 3.47. The van der Waals surface area contributed by atoms with Crippen LogP contribution in [0.25, 0.3) is 0 Å². The van der Waals surface area contributed by atoms with E-state index in [0.717, 1.165) is 4.90 Å². The first-order valence-electron chi connectivity index (χ1n) is 9.29. The highest BCUT2D eigenvalue weighted by molar-refractivity contribution is 7.99. The zero-order valence-corrected chi connectivity index (χ0v) is 17.1. The molecule has 0 saturated heterocycles. The molecule has 0 unspecified atom stereocenters. The Morgan fingerprint density at radius 2 is 1.60 bits per heavy atom. The van der Waals surface area contributed by atoms with Crippen molar-refractivity contribution < 1.29 is 19.1 Å². The number of aromatic nitrogens is 1. The van der Waals surface area contributed by atoms with Crippen LogP contribution in [0.2, 0.25) is 0 Å². The van der Waals surface area contributed by atoms with E-state index < -0.39 is 11.8 Å². The number of carbonyl (C=O) groups excluding carboxylic acids is 2. The number of amides is 2. The molecule has 0 fully saturated rings. The summed E-state index contributed by atoms with van der Waals surface area (Å²) in [5.41, 5.74) is 5.11. The molecule has 0 atom stereocenters. The zero-order chi connectivity index (χ0) is 21.2. The van der Waals surface area contributed by atoms with Crippen molar-refractivity contribution in [1.82, 2.24) is 15.8 Å². The number of nitrogens with one attached hydrogen (secondary N) is 2. The summed E-state index contributed by atoms with van der Waals surface area (Å²) in [5.74, 6) is 0.0322. The van der Waals surface area contributed by atoms with Crippen LogP contribution in [-0.2, 0) is 4.79 Å². The fourth-order valence-electron chi connectivity index (χ4n) is 2.46. The molecule has 0 aliphatic rings. The second-order valence-corrected chi connectivity index (χ2v) is 7.00. The Hall–Kier alpha value is -3.52. The van der Waals surface area contributed by atoms with Crippen LogP contribution < -0.4 is 20.3 Å². The molecule has 8 heteroatoms. The Morgan fingerprint density at radius 1 is 0.900 bits per heavy atom. The van der Waals surface area contributed by atoms with Gasteiger partial charge in [-0.2, -0.15) is 0 Å². The van der Waals surface area contributed by atoms with Gasteiger partial charge in [-0.05, 0) is 43.3 Å². The Bertz CT molecular complexity index is 998. The molecule has 0 radical (unpaired) electrons. The minimum absolute atomic E-state index is 0.275. The lowest BCUT2D eigenvalue weighted by Crippen LogP contribution is -2.44. The van der Waals surface area contributed by atoms with Crippen molar-refractivity contribution in [2.75, 3.05) is 13.2 Å². The topological polar surface area (TPSA) is 89.5 Å². The first-order chi connectivity index (χ1) is 14.7. The van der Waals surface area contributed by atoms with Crippen LogP contribution in [-0.4, -0.2) is 30.0 Å². The number of pyridine rings is 1. The second-order valence-electron chi connectivity index (χ2n) is 5.94. The number of rotatable bonds is 8. The van der Waals surface area contributed by atoms with Gasteiger partial charge in [0.25, 0.3) is 11.8 Å². The molecule has 3 rings (SSSR count). The minimum Gasteiger partial charge on any atom is -0.490 e. The molecular formula is C22H21N3O4S. The second kappa shape index (κ2) is 10.9. The molecule has 2 amide bonds. The number of hydrazine groups is 1. The molecule has 3 aromatic rings. The summed E-state index contributed by atoms with van der Waals surface area (Å²) >= 11 is 1.37. The maximum Gasteiger partial charge on any atom is 0.276 e. The lowest BCUT2D eigenvalue weighted by Gasteiger charge is -2.12. The largest absolute Gasteiger partial charge is 0.490 e. The molecule has 0 aliphatic carbocycles. The molecule has 0 bridgehead atoms. The summed E-state index contributed by atoms with van der Waals surface area (Å²) in [5, 5.41) is 0.539. The van der Waals surface area contributed by atoms with E-state index in [0.29, 0.717) is 28.7 Å². The Kier molecular flexibility index (Phi) is 7.68. The van der Waals surface area contributed by atoms with Gasteiger partial charge < -0.3 is 9.47 Å². The van der Waals surface area contributed by atoms with Crippen molar-refractivity contribution in [1.29, 1.82) is 0 Å². The van der Waals surface area contributed by atoms with Gasteiger partial charge in [-0.1, -0.05) is 42.1 Å². The number of hydrogen-bond donors (Lipinski definition) is 2. The number of ether oxygens (including phenoxy) is 2. The van der Waals surface area contributed by atoms with Gasteiger partial charge in [-0.3, -0.25) is 20.4 Å². The highest BCUT2D eigenvalue weighted by atomic mass is 32.2. The lowest BCUT2D eigenvalue weighted by molar-refractivity contribution is -0.123. The minimum atomic E-state index is -0.504. The number of para-hydroxylation sites is 2. The molecule has 0 spiro atoms. The fraction of sp³-hybridized carbons (Fsp3) is 0.136. The van der Waals surface area contributed by atoms with E-state index in [1.807, 2.05) is 43.3 Å². The Balaban J connectivity index is 1.55.